The standard InChI is InChI=1S/C20H19FN2O/c21-17-6-3-4-14(10-17)11-20(24)23-9-8-16(13-23)19-12-15-5-1-2-7-18(15)22-19/h1-7,10,12,16,22H,8-9,11,13H2. The van der Waals surface area contributed by atoms with Gasteiger partial charge >= 0.3 is 0 Å². The maximum atomic E-state index is 13.3. The zero-order valence-electron chi connectivity index (χ0n) is 13.3. The third-order valence-electron chi connectivity index (χ3n) is 4.78. The van der Waals surface area contributed by atoms with Gasteiger partial charge < -0.3 is 9.88 Å². The summed E-state index contributed by atoms with van der Waals surface area (Å²) in [5.41, 5.74) is 3.06. The molecule has 4 rings (SSSR count). The van der Waals surface area contributed by atoms with E-state index in [1.807, 2.05) is 17.0 Å². The third kappa shape index (κ3) is 2.92. The van der Waals surface area contributed by atoms with Crippen LogP contribution in [-0.2, 0) is 11.2 Å². The highest BCUT2D eigenvalue weighted by molar-refractivity contribution is 5.81. The molecule has 4 heteroatoms. The number of hydrogen-bond acceptors (Lipinski definition) is 1. The fourth-order valence-corrected chi connectivity index (χ4v) is 3.49. The van der Waals surface area contributed by atoms with E-state index in [1.54, 1.807) is 12.1 Å². The summed E-state index contributed by atoms with van der Waals surface area (Å²) in [6, 6.07) is 16.7. The van der Waals surface area contributed by atoms with Gasteiger partial charge in [0.05, 0.1) is 6.42 Å². The van der Waals surface area contributed by atoms with Gasteiger partial charge in [0.25, 0.3) is 0 Å². The van der Waals surface area contributed by atoms with Gasteiger partial charge in [-0.1, -0.05) is 30.3 Å². The maximum Gasteiger partial charge on any atom is 0.227 e. The Balaban J connectivity index is 1.44. The summed E-state index contributed by atoms with van der Waals surface area (Å²) in [4.78, 5) is 17.8. The van der Waals surface area contributed by atoms with Crippen molar-refractivity contribution in [3.8, 4) is 0 Å². The Bertz CT molecular complexity index is 853. The lowest BCUT2D eigenvalue weighted by Crippen LogP contribution is -2.29. The number of benzene rings is 2. The Morgan fingerprint density at radius 3 is 2.88 bits per heavy atom. The predicted octanol–water partition coefficient (Wildman–Crippen LogP) is 3.87. The topological polar surface area (TPSA) is 36.1 Å². The van der Waals surface area contributed by atoms with Crippen molar-refractivity contribution >= 4 is 16.8 Å². The van der Waals surface area contributed by atoms with Crippen LogP contribution >= 0.6 is 0 Å². The van der Waals surface area contributed by atoms with Gasteiger partial charge in [-0.2, -0.15) is 0 Å². The zero-order chi connectivity index (χ0) is 16.5. The Hall–Kier alpha value is -2.62. The largest absolute Gasteiger partial charge is 0.358 e. The number of fused-ring (bicyclic) bond motifs is 1. The second-order valence-electron chi connectivity index (χ2n) is 6.44. The van der Waals surface area contributed by atoms with E-state index in [1.165, 1.54) is 23.2 Å². The molecular formula is C20H19FN2O. The van der Waals surface area contributed by atoms with Gasteiger partial charge in [0.15, 0.2) is 0 Å². The number of carbonyl (C=O) groups excluding carboxylic acids is 1. The van der Waals surface area contributed by atoms with Crippen LogP contribution in [0.25, 0.3) is 10.9 Å². The zero-order valence-corrected chi connectivity index (χ0v) is 13.3. The number of amides is 1. The molecule has 24 heavy (non-hydrogen) atoms. The number of hydrogen-bond donors (Lipinski definition) is 1. The number of aromatic nitrogens is 1. The van der Waals surface area contributed by atoms with Gasteiger partial charge in [-0.25, -0.2) is 4.39 Å². The van der Waals surface area contributed by atoms with Crippen molar-refractivity contribution in [3.05, 3.63) is 71.7 Å². The molecule has 1 atom stereocenters. The Labute approximate surface area is 140 Å². The first-order valence-electron chi connectivity index (χ1n) is 8.29. The van der Waals surface area contributed by atoms with E-state index in [9.17, 15) is 9.18 Å². The molecule has 0 aliphatic carbocycles. The Morgan fingerprint density at radius 2 is 2.04 bits per heavy atom. The molecule has 1 amide bonds. The number of aromatic amines is 1. The summed E-state index contributed by atoms with van der Waals surface area (Å²) in [6.07, 6.45) is 1.22. The van der Waals surface area contributed by atoms with E-state index in [0.717, 1.165) is 30.6 Å². The molecule has 0 radical (unpaired) electrons. The van der Waals surface area contributed by atoms with Gasteiger partial charge in [-0.3, -0.25) is 4.79 Å². The van der Waals surface area contributed by atoms with Crippen molar-refractivity contribution in [1.29, 1.82) is 0 Å². The average Bonchev–Trinajstić information content (AvgIpc) is 3.21. The summed E-state index contributed by atoms with van der Waals surface area (Å²) in [5, 5.41) is 1.21. The molecule has 1 aliphatic heterocycles. The maximum absolute atomic E-state index is 13.3. The summed E-state index contributed by atoms with van der Waals surface area (Å²) >= 11 is 0. The minimum Gasteiger partial charge on any atom is -0.358 e. The van der Waals surface area contributed by atoms with Crippen molar-refractivity contribution < 1.29 is 9.18 Å². The first kappa shape index (κ1) is 14.9. The molecule has 2 heterocycles. The third-order valence-corrected chi connectivity index (χ3v) is 4.78. The molecule has 3 aromatic rings. The number of H-pyrrole nitrogens is 1. The average molecular weight is 322 g/mol. The molecule has 1 fully saturated rings. The van der Waals surface area contributed by atoms with Gasteiger partial charge in [0.1, 0.15) is 5.82 Å². The van der Waals surface area contributed by atoms with E-state index in [-0.39, 0.29) is 18.1 Å². The highest BCUT2D eigenvalue weighted by Crippen LogP contribution is 2.29. The molecule has 0 bridgehead atoms. The summed E-state index contributed by atoms with van der Waals surface area (Å²) < 4.78 is 13.3. The van der Waals surface area contributed by atoms with E-state index >= 15 is 0 Å². The Morgan fingerprint density at radius 1 is 1.17 bits per heavy atom. The van der Waals surface area contributed by atoms with E-state index in [2.05, 4.69) is 23.2 Å². The first-order chi connectivity index (χ1) is 11.7. The van der Waals surface area contributed by atoms with Gasteiger partial charge in [0.2, 0.25) is 5.91 Å². The number of rotatable bonds is 3. The molecule has 1 saturated heterocycles. The van der Waals surface area contributed by atoms with Crippen LogP contribution < -0.4 is 0 Å². The van der Waals surface area contributed by atoms with Crippen LogP contribution in [0.1, 0.15) is 23.6 Å². The number of para-hydroxylation sites is 1. The molecule has 2 aromatic carbocycles. The van der Waals surface area contributed by atoms with Gasteiger partial charge in [-0.05, 0) is 41.6 Å². The van der Waals surface area contributed by atoms with E-state index in [4.69, 9.17) is 0 Å². The summed E-state index contributed by atoms with van der Waals surface area (Å²) in [5.74, 6) is 0.116. The minimum atomic E-state index is -0.294. The highest BCUT2D eigenvalue weighted by Gasteiger charge is 2.28. The van der Waals surface area contributed by atoms with Crippen LogP contribution in [0.3, 0.4) is 0 Å². The number of nitrogens with zero attached hydrogens (tertiary/aromatic N) is 1. The van der Waals surface area contributed by atoms with Crippen LogP contribution in [-0.4, -0.2) is 28.9 Å². The molecule has 3 nitrogen and oxygen atoms in total. The van der Waals surface area contributed by atoms with Crippen LogP contribution in [0.2, 0.25) is 0 Å². The van der Waals surface area contributed by atoms with Crippen molar-refractivity contribution in [1.82, 2.24) is 9.88 Å². The second kappa shape index (κ2) is 6.11. The molecule has 0 spiro atoms. The SMILES string of the molecule is O=C(Cc1cccc(F)c1)N1CCC(c2cc3ccccc3[nH]2)C1. The number of carbonyl (C=O) groups is 1. The highest BCUT2D eigenvalue weighted by atomic mass is 19.1. The smallest absolute Gasteiger partial charge is 0.227 e. The van der Waals surface area contributed by atoms with Crippen molar-refractivity contribution in [3.63, 3.8) is 0 Å². The normalized spacial score (nSPS) is 17.5. The van der Waals surface area contributed by atoms with Crippen molar-refractivity contribution in [2.75, 3.05) is 13.1 Å². The van der Waals surface area contributed by atoms with Crippen molar-refractivity contribution in [2.24, 2.45) is 0 Å². The van der Waals surface area contributed by atoms with E-state index in [0.29, 0.717) is 5.92 Å². The summed E-state index contributed by atoms with van der Waals surface area (Å²) in [7, 11) is 0. The monoisotopic (exact) mass is 322 g/mol. The minimum absolute atomic E-state index is 0.0687. The van der Waals surface area contributed by atoms with Crippen LogP contribution in [0, 0.1) is 5.82 Å². The lowest BCUT2D eigenvalue weighted by atomic mass is 10.1. The molecule has 1 aliphatic rings. The molecule has 1 aromatic heterocycles. The molecular weight excluding hydrogens is 303 g/mol. The predicted molar refractivity (Wildman–Crippen MR) is 92.3 cm³/mol. The number of likely N-dealkylation sites (tertiary alicyclic amines) is 1. The van der Waals surface area contributed by atoms with Crippen LogP contribution in [0.15, 0.2) is 54.6 Å². The van der Waals surface area contributed by atoms with Gasteiger partial charge in [0, 0.05) is 30.2 Å². The Kier molecular flexibility index (Phi) is 3.81. The number of nitrogens with one attached hydrogen (secondary N) is 1. The molecule has 0 saturated carbocycles. The quantitative estimate of drug-likeness (QED) is 0.781. The molecule has 1 unspecified atom stereocenters. The molecule has 1 N–H and O–H groups in total. The fourth-order valence-electron chi connectivity index (χ4n) is 3.49. The van der Waals surface area contributed by atoms with Crippen LogP contribution in [0.5, 0.6) is 0 Å². The lowest BCUT2D eigenvalue weighted by molar-refractivity contribution is -0.129. The molecule has 122 valence electrons. The second-order valence-corrected chi connectivity index (χ2v) is 6.44. The first-order valence-corrected chi connectivity index (χ1v) is 8.29. The van der Waals surface area contributed by atoms with Gasteiger partial charge in [-0.15, -0.1) is 0 Å². The van der Waals surface area contributed by atoms with Crippen molar-refractivity contribution in [2.45, 2.75) is 18.8 Å². The lowest BCUT2D eigenvalue weighted by Gasteiger charge is -2.16. The number of halogens is 1. The summed E-state index contributed by atoms with van der Waals surface area (Å²) in [6.45, 7) is 1.48. The fraction of sp³-hybridized carbons (Fsp3) is 0.250. The van der Waals surface area contributed by atoms with Crippen LogP contribution in [0.4, 0.5) is 4.39 Å². The van der Waals surface area contributed by atoms with E-state index < -0.39 is 0 Å².